The van der Waals surface area contributed by atoms with E-state index in [1.54, 1.807) is 23.1 Å². The summed E-state index contributed by atoms with van der Waals surface area (Å²) in [5, 5.41) is 17.5. The van der Waals surface area contributed by atoms with Crippen molar-refractivity contribution >= 4 is 45.6 Å². The zero-order valence-corrected chi connectivity index (χ0v) is 23.1. The van der Waals surface area contributed by atoms with Crippen LogP contribution in [0.15, 0.2) is 69.3 Å². The minimum absolute atomic E-state index is 0.472. The molecular weight excluding hydrogens is 498 g/mol. The molecule has 190 valence electrons. The summed E-state index contributed by atoms with van der Waals surface area (Å²) in [6.45, 7) is 4.76. The summed E-state index contributed by atoms with van der Waals surface area (Å²) in [5.41, 5.74) is 6.64. The Labute approximate surface area is 224 Å². The fourth-order valence-corrected chi connectivity index (χ4v) is 6.64. The molecule has 1 aliphatic carbocycles. The normalized spacial score (nSPS) is 15.9. The van der Waals surface area contributed by atoms with E-state index in [1.807, 2.05) is 35.9 Å². The van der Waals surface area contributed by atoms with E-state index in [0.717, 1.165) is 32.5 Å². The number of imidazole rings is 1. The molecular formula is C28H31N7S2. The Balaban J connectivity index is 1.38. The maximum Gasteiger partial charge on any atom is 0.234 e. The Morgan fingerprint density at radius 2 is 1.86 bits per heavy atom. The number of para-hydroxylation sites is 2. The first kappa shape index (κ1) is 24.2. The van der Waals surface area contributed by atoms with E-state index in [9.17, 15) is 0 Å². The predicted molar refractivity (Wildman–Crippen MR) is 154 cm³/mol. The van der Waals surface area contributed by atoms with Gasteiger partial charge in [0.05, 0.1) is 29.0 Å². The summed E-state index contributed by atoms with van der Waals surface area (Å²) < 4.78 is 6.49. The standard InChI is InChI=1S/C28H31N7S2/c1-19-13-15-21(16-14-19)25-18-37-27(34(25)22-9-5-4-6-10-22)31-30-20(2)17-33-26-29-23-11-7-8-12-24(23)35(26)32-28(33)36-3/h7-8,11-16,18,22H,4-6,9-10,17H2,1-3H3/b30-20+,31-27-. The number of hydrogen-bond acceptors (Lipinski definition) is 6. The van der Waals surface area contributed by atoms with Gasteiger partial charge in [-0.05, 0) is 50.6 Å². The van der Waals surface area contributed by atoms with Crippen LogP contribution in [0.3, 0.4) is 0 Å². The largest absolute Gasteiger partial charge is 0.312 e. The van der Waals surface area contributed by atoms with Crippen molar-refractivity contribution in [2.75, 3.05) is 6.26 Å². The summed E-state index contributed by atoms with van der Waals surface area (Å²) in [4.78, 5) is 5.80. The molecule has 2 aromatic carbocycles. The lowest BCUT2D eigenvalue weighted by Gasteiger charge is -2.25. The van der Waals surface area contributed by atoms with Crippen LogP contribution in [0.2, 0.25) is 0 Å². The monoisotopic (exact) mass is 529 g/mol. The van der Waals surface area contributed by atoms with Crippen LogP contribution in [-0.4, -0.2) is 35.7 Å². The van der Waals surface area contributed by atoms with Gasteiger partial charge in [-0.25, -0.2) is 4.98 Å². The molecule has 1 fully saturated rings. The molecule has 3 heterocycles. The Bertz CT molecular complexity index is 1640. The van der Waals surface area contributed by atoms with Crippen LogP contribution >= 0.6 is 23.1 Å². The van der Waals surface area contributed by atoms with Crippen molar-refractivity contribution < 1.29 is 0 Å². The molecule has 0 aliphatic heterocycles. The Kier molecular flexibility index (Phi) is 6.73. The minimum atomic E-state index is 0.472. The first-order chi connectivity index (χ1) is 18.1. The van der Waals surface area contributed by atoms with Crippen LogP contribution in [0.1, 0.15) is 50.6 Å². The van der Waals surface area contributed by atoms with E-state index in [0.29, 0.717) is 12.6 Å². The zero-order chi connectivity index (χ0) is 25.4. The van der Waals surface area contributed by atoms with Crippen molar-refractivity contribution in [1.29, 1.82) is 0 Å². The zero-order valence-electron chi connectivity index (χ0n) is 21.5. The smallest absolute Gasteiger partial charge is 0.234 e. The molecule has 6 rings (SSSR count). The minimum Gasteiger partial charge on any atom is -0.312 e. The first-order valence-electron chi connectivity index (χ1n) is 12.8. The molecule has 0 amide bonds. The number of aryl methyl sites for hydroxylation is 1. The maximum atomic E-state index is 4.84. The molecule has 0 radical (unpaired) electrons. The van der Waals surface area contributed by atoms with Gasteiger partial charge in [0.1, 0.15) is 0 Å². The van der Waals surface area contributed by atoms with Gasteiger partial charge < -0.3 is 4.57 Å². The van der Waals surface area contributed by atoms with Gasteiger partial charge >= 0.3 is 0 Å². The molecule has 0 spiro atoms. The SMILES string of the molecule is CSc1nn2c3ccccc3nc2n1C/C(C)=N/N=c1\scc(-c2ccc(C)cc2)n1C1CCCCC1. The van der Waals surface area contributed by atoms with Gasteiger partial charge in [0.2, 0.25) is 10.6 Å². The van der Waals surface area contributed by atoms with Crippen molar-refractivity contribution in [3.63, 3.8) is 0 Å². The van der Waals surface area contributed by atoms with E-state index in [2.05, 4.69) is 51.8 Å². The molecule has 37 heavy (non-hydrogen) atoms. The van der Waals surface area contributed by atoms with Crippen molar-refractivity contribution in [1.82, 2.24) is 23.7 Å². The van der Waals surface area contributed by atoms with Crippen LogP contribution in [0, 0.1) is 6.92 Å². The van der Waals surface area contributed by atoms with Gasteiger partial charge in [0, 0.05) is 11.4 Å². The number of fused-ring (bicyclic) bond motifs is 3. The van der Waals surface area contributed by atoms with Crippen LogP contribution in [0.5, 0.6) is 0 Å². The third-order valence-corrected chi connectivity index (χ3v) is 8.58. The molecule has 1 aliphatic rings. The van der Waals surface area contributed by atoms with E-state index in [4.69, 9.17) is 20.3 Å². The van der Waals surface area contributed by atoms with Crippen LogP contribution < -0.4 is 4.80 Å². The number of thioether (sulfide) groups is 1. The third kappa shape index (κ3) is 4.66. The highest BCUT2D eigenvalue weighted by Crippen LogP contribution is 2.32. The Morgan fingerprint density at radius 1 is 1.08 bits per heavy atom. The molecule has 0 atom stereocenters. The van der Waals surface area contributed by atoms with Crippen LogP contribution in [-0.2, 0) is 6.54 Å². The molecule has 0 unspecified atom stereocenters. The summed E-state index contributed by atoms with van der Waals surface area (Å²) in [6.07, 6.45) is 8.31. The van der Waals surface area contributed by atoms with Crippen LogP contribution in [0.4, 0.5) is 0 Å². The van der Waals surface area contributed by atoms with E-state index < -0.39 is 0 Å². The highest BCUT2D eigenvalue weighted by atomic mass is 32.2. The lowest BCUT2D eigenvalue weighted by molar-refractivity contribution is 0.350. The van der Waals surface area contributed by atoms with Gasteiger partial charge in [0.15, 0.2) is 5.16 Å². The molecule has 5 aromatic rings. The summed E-state index contributed by atoms with van der Waals surface area (Å²) >= 11 is 3.30. The van der Waals surface area contributed by atoms with Crippen molar-refractivity contribution in [3.05, 3.63) is 64.3 Å². The average Bonchev–Trinajstić information content (AvgIpc) is 3.61. The number of hydrogen-bond donors (Lipinski definition) is 0. The highest BCUT2D eigenvalue weighted by molar-refractivity contribution is 7.98. The first-order valence-corrected chi connectivity index (χ1v) is 14.9. The average molecular weight is 530 g/mol. The second-order valence-corrected chi connectivity index (χ2v) is 11.4. The quantitative estimate of drug-likeness (QED) is 0.139. The van der Waals surface area contributed by atoms with E-state index in [1.165, 1.54) is 48.9 Å². The molecule has 0 bridgehead atoms. The Morgan fingerprint density at radius 3 is 2.65 bits per heavy atom. The lowest BCUT2D eigenvalue weighted by atomic mass is 9.95. The van der Waals surface area contributed by atoms with Gasteiger partial charge in [-0.3, -0.25) is 4.57 Å². The molecule has 9 heteroatoms. The number of thiazole rings is 1. The topological polar surface area (TPSA) is 64.8 Å². The fourth-order valence-electron chi connectivity index (χ4n) is 5.20. The molecule has 0 N–H and O–H groups in total. The predicted octanol–water partition coefficient (Wildman–Crippen LogP) is 6.73. The van der Waals surface area contributed by atoms with Crippen molar-refractivity contribution in [3.8, 4) is 11.3 Å². The van der Waals surface area contributed by atoms with Gasteiger partial charge in [-0.1, -0.05) is 73.0 Å². The Hall–Kier alpha value is -3.17. The molecule has 0 saturated heterocycles. The maximum absolute atomic E-state index is 4.84. The number of aromatic nitrogens is 5. The summed E-state index contributed by atoms with van der Waals surface area (Å²) in [6, 6.07) is 17.4. The molecule has 7 nitrogen and oxygen atoms in total. The summed E-state index contributed by atoms with van der Waals surface area (Å²) in [5.74, 6) is 0.829. The molecule has 1 saturated carbocycles. The number of nitrogens with zero attached hydrogens (tertiary/aromatic N) is 7. The van der Waals surface area contributed by atoms with Gasteiger partial charge in [-0.15, -0.1) is 21.5 Å². The second kappa shape index (κ2) is 10.3. The van der Waals surface area contributed by atoms with Crippen LogP contribution in [0.25, 0.3) is 28.1 Å². The number of rotatable bonds is 6. The molecule has 3 aromatic heterocycles. The fraction of sp³-hybridized carbons (Fsp3) is 0.357. The lowest BCUT2D eigenvalue weighted by Crippen LogP contribution is -2.23. The summed E-state index contributed by atoms with van der Waals surface area (Å²) in [7, 11) is 0. The second-order valence-electron chi connectivity index (χ2n) is 9.75. The van der Waals surface area contributed by atoms with Crippen molar-refractivity contribution in [2.45, 2.75) is 63.7 Å². The van der Waals surface area contributed by atoms with E-state index >= 15 is 0 Å². The van der Waals surface area contributed by atoms with Gasteiger partial charge in [-0.2, -0.15) is 9.62 Å². The highest BCUT2D eigenvalue weighted by Gasteiger charge is 2.20. The van der Waals surface area contributed by atoms with Gasteiger partial charge in [0.25, 0.3) is 0 Å². The number of benzene rings is 2. The van der Waals surface area contributed by atoms with Crippen molar-refractivity contribution in [2.24, 2.45) is 10.2 Å². The third-order valence-electron chi connectivity index (χ3n) is 7.08. The van der Waals surface area contributed by atoms with E-state index in [-0.39, 0.29) is 0 Å².